The summed E-state index contributed by atoms with van der Waals surface area (Å²) in [6.45, 7) is 13.9. The Bertz CT molecular complexity index is 3070. The van der Waals surface area contributed by atoms with Crippen LogP contribution in [0.2, 0.25) is 0 Å². The number of fused-ring (bicyclic) bond motifs is 3. The van der Waals surface area contributed by atoms with E-state index in [0.29, 0.717) is 5.92 Å². The van der Waals surface area contributed by atoms with Gasteiger partial charge in [0, 0.05) is 33.5 Å². The van der Waals surface area contributed by atoms with Crippen LogP contribution in [-0.2, 0) is 10.8 Å². The minimum absolute atomic E-state index is 0.0104. The number of terminal acetylenes is 1. The van der Waals surface area contributed by atoms with Crippen molar-refractivity contribution in [3.8, 4) is 56.9 Å². The van der Waals surface area contributed by atoms with Crippen molar-refractivity contribution in [2.24, 2.45) is 5.92 Å². The number of benzene rings is 7. The van der Waals surface area contributed by atoms with Gasteiger partial charge >= 0.3 is 0 Å². The van der Waals surface area contributed by atoms with E-state index >= 15 is 0 Å². The molecule has 7 aromatic carbocycles. The average Bonchev–Trinajstić information content (AvgIpc) is 3.70. The molecule has 0 saturated carbocycles. The van der Waals surface area contributed by atoms with Gasteiger partial charge in [0.2, 0.25) is 0 Å². The molecule has 0 fully saturated rings. The van der Waals surface area contributed by atoms with Gasteiger partial charge in [-0.3, -0.25) is 0 Å². The lowest BCUT2D eigenvalue weighted by atomic mass is 9.74. The molecule has 3 aliphatic carbocycles. The first-order chi connectivity index (χ1) is 31.1. The van der Waals surface area contributed by atoms with Gasteiger partial charge in [0.15, 0.2) is 0 Å². The first-order valence-corrected chi connectivity index (χ1v) is 22.9. The normalized spacial score (nSPS) is 16.7. The summed E-state index contributed by atoms with van der Waals surface area (Å²) in [6, 6.07) is 60.5. The molecule has 0 saturated heterocycles. The Balaban J connectivity index is 0.984. The van der Waals surface area contributed by atoms with Crippen LogP contribution in [0.3, 0.4) is 0 Å². The smallest absolute Gasteiger partial charge is 0.0462 e. The van der Waals surface area contributed by atoms with Crippen LogP contribution in [0, 0.1) is 18.3 Å². The second-order valence-electron chi connectivity index (χ2n) is 18.8. The summed E-state index contributed by atoms with van der Waals surface area (Å²) in [4.78, 5) is 2.37. The lowest BCUT2D eigenvalue weighted by Gasteiger charge is -2.30. The van der Waals surface area contributed by atoms with Crippen LogP contribution in [0.15, 0.2) is 199 Å². The summed E-state index contributed by atoms with van der Waals surface area (Å²) >= 11 is 0. The number of allylic oxidation sites excluding steroid dienone is 8. The predicted molar refractivity (Wildman–Crippen MR) is 274 cm³/mol. The largest absolute Gasteiger partial charge is 0.311 e. The maximum Gasteiger partial charge on any atom is 0.0462 e. The van der Waals surface area contributed by atoms with Crippen molar-refractivity contribution in [1.29, 1.82) is 0 Å². The van der Waals surface area contributed by atoms with E-state index in [-0.39, 0.29) is 10.8 Å². The quantitative estimate of drug-likeness (QED) is 0.104. The van der Waals surface area contributed by atoms with Gasteiger partial charge in [-0.15, -0.1) is 6.42 Å². The molecule has 312 valence electrons. The highest BCUT2D eigenvalue weighted by Gasteiger charge is 2.40. The van der Waals surface area contributed by atoms with Gasteiger partial charge in [-0.05, 0) is 158 Å². The molecule has 1 heteroatoms. The minimum Gasteiger partial charge on any atom is -0.311 e. The fourth-order valence-electron chi connectivity index (χ4n) is 10.9. The third-order valence-electron chi connectivity index (χ3n) is 14.3. The Labute approximate surface area is 380 Å². The van der Waals surface area contributed by atoms with Crippen LogP contribution in [-0.4, -0.2) is 0 Å². The molecule has 10 rings (SSSR count). The molecule has 0 spiro atoms. The van der Waals surface area contributed by atoms with E-state index in [9.17, 15) is 0 Å². The topological polar surface area (TPSA) is 3.24 Å². The Morgan fingerprint density at radius 3 is 1.50 bits per heavy atom. The highest BCUT2D eigenvalue weighted by molar-refractivity contribution is 5.91. The van der Waals surface area contributed by atoms with Gasteiger partial charge in [0.05, 0.1) is 0 Å². The first kappa shape index (κ1) is 40.9. The highest BCUT2D eigenvalue weighted by Crippen LogP contribution is 2.53. The molecular weight excluding hydrogens is 771 g/mol. The fourth-order valence-corrected chi connectivity index (χ4v) is 10.9. The molecule has 1 unspecified atom stereocenters. The second-order valence-corrected chi connectivity index (χ2v) is 18.8. The van der Waals surface area contributed by atoms with Crippen LogP contribution in [0.1, 0.15) is 76.6 Å². The zero-order chi connectivity index (χ0) is 44.2. The van der Waals surface area contributed by atoms with Crippen molar-refractivity contribution in [3.63, 3.8) is 0 Å². The molecule has 0 amide bonds. The van der Waals surface area contributed by atoms with Crippen LogP contribution in [0.25, 0.3) is 55.7 Å². The van der Waals surface area contributed by atoms with E-state index in [1.165, 1.54) is 77.9 Å². The Morgan fingerprint density at radius 1 is 0.562 bits per heavy atom. The zero-order valence-corrected chi connectivity index (χ0v) is 37.9. The first-order valence-electron chi connectivity index (χ1n) is 22.9. The highest BCUT2D eigenvalue weighted by atomic mass is 15.1. The second kappa shape index (κ2) is 16.2. The van der Waals surface area contributed by atoms with Crippen LogP contribution < -0.4 is 4.90 Å². The maximum absolute atomic E-state index is 6.14. The van der Waals surface area contributed by atoms with Crippen molar-refractivity contribution >= 4 is 28.2 Å². The summed E-state index contributed by atoms with van der Waals surface area (Å²) in [7, 11) is 0. The van der Waals surface area contributed by atoms with Gasteiger partial charge in [-0.1, -0.05) is 180 Å². The lowest BCUT2D eigenvalue weighted by Crippen LogP contribution is -2.22. The molecule has 1 atom stereocenters. The zero-order valence-electron chi connectivity index (χ0n) is 37.9. The van der Waals surface area contributed by atoms with Gasteiger partial charge < -0.3 is 4.90 Å². The van der Waals surface area contributed by atoms with Crippen molar-refractivity contribution in [3.05, 3.63) is 221 Å². The Hall–Kier alpha value is -7.14. The summed E-state index contributed by atoms with van der Waals surface area (Å²) in [5.74, 6) is 3.60. The van der Waals surface area contributed by atoms with Crippen LogP contribution in [0.4, 0.5) is 17.1 Å². The summed E-state index contributed by atoms with van der Waals surface area (Å²) < 4.78 is 0. The van der Waals surface area contributed by atoms with Gasteiger partial charge in [-0.25, -0.2) is 0 Å². The SMILES string of the molecule is C#CC1=C(C/C=C\C)C(C)(C)c2cc(-c3ccc(N(c4ccc(-c5ccc(-c6ccccc6)cc5)cc4)c4ccc(-c5ccc6c(c5)C(C)(C)C5=C6C=CCC5C)cc4)cc3)ccc21. The monoisotopic (exact) mass is 825 g/mol. The van der Waals surface area contributed by atoms with E-state index in [4.69, 9.17) is 6.42 Å². The molecule has 0 radical (unpaired) electrons. The molecule has 64 heavy (non-hydrogen) atoms. The molecular formula is C63H55N. The van der Waals surface area contributed by atoms with Crippen molar-refractivity contribution in [2.75, 3.05) is 4.90 Å². The molecule has 0 aromatic heterocycles. The average molecular weight is 826 g/mol. The molecule has 0 N–H and O–H groups in total. The van der Waals surface area contributed by atoms with Crippen molar-refractivity contribution in [1.82, 2.24) is 0 Å². The van der Waals surface area contributed by atoms with Crippen molar-refractivity contribution in [2.45, 2.75) is 65.2 Å². The summed E-state index contributed by atoms with van der Waals surface area (Å²) in [6.07, 6.45) is 17.1. The van der Waals surface area contributed by atoms with Crippen LogP contribution >= 0.6 is 0 Å². The standard InChI is InChI=1S/C63H55N/c1-8-10-19-58-54(9-2)55-38-30-49(40-59(55)62(58,4)5)47-26-34-52(35-27-47)64(51-32-24-46(25-33-51)45-22-20-44(21-23-45)43-16-12-11-13-17-43)53-36-28-48(29-37-53)50-31-39-56-57-18-14-15-42(3)61(57)63(6,7)60(56)41-50/h2,8,10-14,16-18,20-42H,15,19H2,1,3-7H3/b10-8-. The molecule has 1 nitrogen and oxygen atoms in total. The van der Waals surface area contributed by atoms with Gasteiger partial charge in [0.1, 0.15) is 0 Å². The molecule has 0 bridgehead atoms. The lowest BCUT2D eigenvalue weighted by molar-refractivity contribution is 0.530. The summed E-state index contributed by atoms with van der Waals surface area (Å²) in [5, 5.41) is 0. The predicted octanol–water partition coefficient (Wildman–Crippen LogP) is 17.1. The fraction of sp³-hybridized carbons (Fsp3) is 0.175. The number of hydrogen-bond donors (Lipinski definition) is 0. The number of anilines is 3. The Morgan fingerprint density at radius 2 is 1.00 bits per heavy atom. The van der Waals surface area contributed by atoms with Crippen LogP contribution in [0.5, 0.6) is 0 Å². The van der Waals surface area contributed by atoms with E-state index in [0.717, 1.165) is 35.5 Å². The summed E-state index contributed by atoms with van der Waals surface area (Å²) in [5.41, 5.74) is 23.5. The van der Waals surface area contributed by atoms with Crippen molar-refractivity contribution < 1.29 is 0 Å². The third-order valence-corrected chi connectivity index (χ3v) is 14.3. The third kappa shape index (κ3) is 6.99. The number of nitrogens with zero attached hydrogens (tertiary/aromatic N) is 1. The number of hydrogen-bond acceptors (Lipinski definition) is 1. The van der Waals surface area contributed by atoms with E-state index in [1.54, 1.807) is 5.57 Å². The van der Waals surface area contributed by atoms with E-state index < -0.39 is 0 Å². The van der Waals surface area contributed by atoms with Gasteiger partial charge in [-0.2, -0.15) is 0 Å². The minimum atomic E-state index is -0.145. The van der Waals surface area contributed by atoms with Gasteiger partial charge in [0.25, 0.3) is 0 Å². The maximum atomic E-state index is 6.14. The van der Waals surface area contributed by atoms with E-state index in [2.05, 4.69) is 240 Å². The molecule has 0 heterocycles. The molecule has 0 aliphatic heterocycles. The molecule has 3 aliphatic rings. The number of rotatable bonds is 9. The van der Waals surface area contributed by atoms with E-state index in [1.807, 2.05) is 0 Å². The Kier molecular flexibility index (Phi) is 10.4. The molecule has 7 aromatic rings.